The van der Waals surface area contributed by atoms with Crippen molar-refractivity contribution in [3.05, 3.63) is 45.9 Å². The van der Waals surface area contributed by atoms with E-state index in [-0.39, 0.29) is 5.91 Å². The molecule has 1 atom stereocenters. The molecule has 23 heavy (non-hydrogen) atoms. The largest absolute Gasteiger partial charge is 0.298 e. The average Bonchev–Trinajstić information content (AvgIpc) is 2.95. The lowest BCUT2D eigenvalue weighted by molar-refractivity contribution is 0.102. The summed E-state index contributed by atoms with van der Waals surface area (Å²) in [6.45, 7) is 5.42. The van der Waals surface area contributed by atoms with Crippen LogP contribution in [0.25, 0.3) is 0 Å². The van der Waals surface area contributed by atoms with Gasteiger partial charge in [0.1, 0.15) is 0 Å². The Morgan fingerprint density at radius 1 is 1.43 bits per heavy atom. The van der Waals surface area contributed by atoms with Crippen molar-refractivity contribution in [2.75, 3.05) is 18.4 Å². The lowest BCUT2D eigenvalue weighted by atomic mass is 10.0. The summed E-state index contributed by atoms with van der Waals surface area (Å²) in [6, 6.07) is 6.84. The number of amides is 1. The Hall–Kier alpha value is -1.43. The molecule has 1 aliphatic heterocycles. The topological polar surface area (TPSA) is 45.2 Å². The van der Waals surface area contributed by atoms with Gasteiger partial charge in [0.05, 0.1) is 5.69 Å². The number of carbonyl (C=O) groups is 1. The maximum Gasteiger partial charge on any atom is 0.257 e. The Morgan fingerprint density at radius 2 is 2.22 bits per heavy atom. The molecule has 0 aliphatic carbocycles. The van der Waals surface area contributed by atoms with Crippen molar-refractivity contribution in [3.63, 3.8) is 0 Å². The third kappa shape index (κ3) is 4.53. The summed E-state index contributed by atoms with van der Waals surface area (Å²) >= 11 is 7.31. The molecular weight excluding hydrogens is 330 g/mol. The number of nitrogens with zero attached hydrogens (tertiary/aromatic N) is 2. The zero-order chi connectivity index (χ0) is 16.2. The van der Waals surface area contributed by atoms with Crippen molar-refractivity contribution >= 4 is 34.0 Å². The van der Waals surface area contributed by atoms with Crippen LogP contribution < -0.4 is 5.32 Å². The number of halogens is 1. The number of piperidine rings is 1. The maximum absolute atomic E-state index is 12.2. The summed E-state index contributed by atoms with van der Waals surface area (Å²) < 4.78 is 0. The van der Waals surface area contributed by atoms with Crippen LogP contribution in [-0.4, -0.2) is 28.9 Å². The Kier molecular flexibility index (Phi) is 5.30. The molecule has 6 heteroatoms. The minimum absolute atomic E-state index is 0.158. The second-order valence-corrected chi connectivity index (χ2v) is 7.38. The van der Waals surface area contributed by atoms with Crippen LogP contribution in [0.3, 0.4) is 0 Å². The zero-order valence-electron chi connectivity index (χ0n) is 13.1. The van der Waals surface area contributed by atoms with E-state index >= 15 is 0 Å². The van der Waals surface area contributed by atoms with Crippen LogP contribution in [0.2, 0.25) is 5.02 Å². The molecule has 1 saturated heterocycles. The third-order valence-corrected chi connectivity index (χ3v) is 5.06. The number of hydrogen-bond donors (Lipinski definition) is 1. The number of likely N-dealkylation sites (tertiary alicyclic amines) is 1. The number of nitrogens with one attached hydrogen (secondary N) is 1. The molecule has 1 fully saturated rings. The van der Waals surface area contributed by atoms with Crippen molar-refractivity contribution < 1.29 is 4.79 Å². The summed E-state index contributed by atoms with van der Waals surface area (Å²) in [4.78, 5) is 19.1. The van der Waals surface area contributed by atoms with Crippen molar-refractivity contribution in [1.29, 1.82) is 0 Å². The van der Waals surface area contributed by atoms with Crippen LogP contribution in [0, 0.1) is 5.92 Å². The fourth-order valence-corrected chi connectivity index (χ4v) is 3.69. The van der Waals surface area contributed by atoms with E-state index in [1.807, 2.05) is 5.38 Å². The van der Waals surface area contributed by atoms with Gasteiger partial charge in [0.2, 0.25) is 0 Å². The Labute approximate surface area is 145 Å². The SMILES string of the molecule is C[C@H]1CCCN(Cc2csc(NC(=O)c3ccc(Cl)cc3)n2)C1. The molecule has 122 valence electrons. The predicted octanol–water partition coefficient (Wildman–Crippen LogP) is 4.28. The molecule has 4 nitrogen and oxygen atoms in total. The fourth-order valence-electron chi connectivity index (χ4n) is 2.87. The van der Waals surface area contributed by atoms with Gasteiger partial charge < -0.3 is 0 Å². The van der Waals surface area contributed by atoms with E-state index in [4.69, 9.17) is 11.6 Å². The van der Waals surface area contributed by atoms with Crippen molar-refractivity contribution in [3.8, 4) is 0 Å². The molecule has 2 heterocycles. The number of benzene rings is 1. The first-order valence-corrected chi connectivity index (χ1v) is 9.09. The molecule has 1 aromatic heterocycles. The number of thiazole rings is 1. The lowest BCUT2D eigenvalue weighted by Crippen LogP contribution is -2.33. The van der Waals surface area contributed by atoms with E-state index in [0.717, 1.165) is 31.2 Å². The van der Waals surface area contributed by atoms with Gasteiger partial charge >= 0.3 is 0 Å². The number of anilines is 1. The molecule has 2 aromatic rings. The monoisotopic (exact) mass is 349 g/mol. The molecule has 0 radical (unpaired) electrons. The molecule has 0 unspecified atom stereocenters. The Bertz CT molecular complexity index is 671. The average molecular weight is 350 g/mol. The van der Waals surface area contributed by atoms with Gasteiger partial charge in [-0.1, -0.05) is 18.5 Å². The number of aromatic nitrogens is 1. The van der Waals surface area contributed by atoms with Crippen LogP contribution in [0.1, 0.15) is 35.8 Å². The van der Waals surface area contributed by atoms with Crippen molar-refractivity contribution in [2.24, 2.45) is 5.92 Å². The highest BCUT2D eigenvalue weighted by atomic mass is 35.5. The second kappa shape index (κ2) is 7.43. The molecule has 1 aliphatic rings. The van der Waals surface area contributed by atoms with E-state index in [0.29, 0.717) is 15.7 Å². The summed E-state index contributed by atoms with van der Waals surface area (Å²) in [6.07, 6.45) is 2.57. The smallest absolute Gasteiger partial charge is 0.257 e. The first-order chi connectivity index (χ1) is 11.1. The van der Waals surface area contributed by atoms with Crippen LogP contribution in [-0.2, 0) is 6.54 Å². The Morgan fingerprint density at radius 3 is 2.96 bits per heavy atom. The molecule has 1 amide bonds. The van der Waals surface area contributed by atoms with E-state index in [1.54, 1.807) is 24.3 Å². The minimum atomic E-state index is -0.158. The number of hydrogen-bond acceptors (Lipinski definition) is 4. The highest BCUT2D eigenvalue weighted by Gasteiger charge is 2.17. The molecule has 0 spiro atoms. The fraction of sp³-hybridized carbons (Fsp3) is 0.412. The van der Waals surface area contributed by atoms with Gasteiger partial charge in [0.15, 0.2) is 5.13 Å². The Balaban J connectivity index is 1.58. The summed E-state index contributed by atoms with van der Waals surface area (Å²) in [5.41, 5.74) is 1.60. The highest BCUT2D eigenvalue weighted by molar-refractivity contribution is 7.13. The lowest BCUT2D eigenvalue weighted by Gasteiger charge is -2.30. The number of carbonyl (C=O) groups excluding carboxylic acids is 1. The van der Waals surface area contributed by atoms with Gasteiger partial charge in [-0.3, -0.25) is 15.0 Å². The number of rotatable bonds is 4. The predicted molar refractivity (Wildman–Crippen MR) is 95.2 cm³/mol. The summed E-state index contributed by atoms with van der Waals surface area (Å²) in [5.74, 6) is 0.598. The van der Waals surface area contributed by atoms with Crippen LogP contribution in [0.4, 0.5) is 5.13 Å². The molecule has 1 aromatic carbocycles. The molecule has 1 N–H and O–H groups in total. The standard InChI is InChI=1S/C17H20ClN3OS/c1-12-3-2-8-21(9-12)10-15-11-23-17(19-15)20-16(22)13-4-6-14(18)7-5-13/h4-7,11-12H,2-3,8-10H2,1H3,(H,19,20,22)/t12-/m0/s1. The highest BCUT2D eigenvalue weighted by Crippen LogP contribution is 2.21. The molecular formula is C17H20ClN3OS. The van der Waals surface area contributed by atoms with E-state index in [2.05, 4.69) is 22.1 Å². The van der Waals surface area contributed by atoms with E-state index in [9.17, 15) is 4.79 Å². The molecule has 0 saturated carbocycles. The van der Waals surface area contributed by atoms with Gasteiger partial charge in [0, 0.05) is 29.1 Å². The maximum atomic E-state index is 12.2. The summed E-state index contributed by atoms with van der Waals surface area (Å²) in [7, 11) is 0. The van der Waals surface area contributed by atoms with Crippen molar-refractivity contribution in [2.45, 2.75) is 26.3 Å². The van der Waals surface area contributed by atoms with Crippen molar-refractivity contribution in [1.82, 2.24) is 9.88 Å². The van der Waals surface area contributed by atoms with Gasteiger partial charge in [-0.25, -0.2) is 4.98 Å². The van der Waals surface area contributed by atoms with Gasteiger partial charge in [-0.2, -0.15) is 0 Å². The van der Waals surface area contributed by atoms with Crippen LogP contribution in [0.5, 0.6) is 0 Å². The van der Waals surface area contributed by atoms with Gasteiger partial charge in [0.25, 0.3) is 5.91 Å². The van der Waals surface area contributed by atoms with E-state index in [1.165, 1.54) is 24.2 Å². The van der Waals surface area contributed by atoms with Gasteiger partial charge in [-0.05, 0) is 49.6 Å². The normalized spacial score (nSPS) is 18.8. The summed E-state index contributed by atoms with van der Waals surface area (Å²) in [5, 5.41) is 6.14. The van der Waals surface area contributed by atoms with Gasteiger partial charge in [-0.15, -0.1) is 11.3 Å². The molecule has 0 bridgehead atoms. The minimum Gasteiger partial charge on any atom is -0.298 e. The molecule has 3 rings (SSSR count). The van der Waals surface area contributed by atoms with E-state index < -0.39 is 0 Å². The first kappa shape index (κ1) is 16.4. The first-order valence-electron chi connectivity index (χ1n) is 7.84. The second-order valence-electron chi connectivity index (χ2n) is 6.09. The quantitative estimate of drug-likeness (QED) is 0.896. The zero-order valence-corrected chi connectivity index (χ0v) is 14.7. The van der Waals surface area contributed by atoms with Crippen LogP contribution >= 0.6 is 22.9 Å². The third-order valence-electron chi connectivity index (χ3n) is 4.01. The van der Waals surface area contributed by atoms with Crippen LogP contribution in [0.15, 0.2) is 29.6 Å².